The van der Waals surface area contributed by atoms with Crippen LogP contribution < -0.4 is 4.90 Å². The van der Waals surface area contributed by atoms with Crippen LogP contribution in [0.5, 0.6) is 0 Å². The van der Waals surface area contributed by atoms with Crippen LogP contribution in [0.4, 0.5) is 11.4 Å². The van der Waals surface area contributed by atoms with Gasteiger partial charge in [0.15, 0.2) is 5.71 Å². The van der Waals surface area contributed by atoms with E-state index in [9.17, 15) is 22.9 Å². The van der Waals surface area contributed by atoms with E-state index in [1.165, 1.54) is 22.5 Å². The number of aromatic carboxylic acids is 1. The van der Waals surface area contributed by atoms with Crippen LogP contribution in [0.2, 0.25) is 0 Å². The Hall–Kier alpha value is -4.93. The van der Waals surface area contributed by atoms with Crippen molar-refractivity contribution in [1.82, 2.24) is 0 Å². The van der Waals surface area contributed by atoms with Crippen molar-refractivity contribution in [3.05, 3.63) is 136 Å². The highest BCUT2D eigenvalue weighted by molar-refractivity contribution is 7.85. The number of carboxylic acid groups (broad SMARTS) is 1. The monoisotopic (exact) mass is 779 g/mol. The smallest absolute Gasteiger partial charge is 0.335 e. The summed E-state index contributed by atoms with van der Waals surface area (Å²) < 4.78 is 47.7. The third-order valence-electron chi connectivity index (χ3n) is 11.2. The highest BCUT2D eigenvalue weighted by Gasteiger charge is 2.44. The van der Waals surface area contributed by atoms with Gasteiger partial charge in [0.1, 0.15) is 31.3 Å². The predicted octanol–water partition coefficient (Wildman–Crippen LogP) is 9.51. The van der Waals surface area contributed by atoms with Crippen molar-refractivity contribution >= 4 is 38.7 Å². The third-order valence-corrected chi connectivity index (χ3v) is 12.0. The lowest BCUT2D eigenvalue weighted by molar-refractivity contribution is -0.438. The number of hydrogen-bond acceptors (Lipinski definition) is 6. The molecule has 2 N–H and O–H groups in total. The Morgan fingerprint density at radius 1 is 0.875 bits per heavy atom. The second kappa shape index (κ2) is 16.7. The number of anilines is 1. The van der Waals surface area contributed by atoms with Crippen molar-refractivity contribution in [2.45, 2.75) is 84.5 Å². The van der Waals surface area contributed by atoms with Crippen LogP contribution in [0.3, 0.4) is 0 Å². The number of rotatable bonds is 14. The summed E-state index contributed by atoms with van der Waals surface area (Å²) in [7, 11) is -4.05. The van der Waals surface area contributed by atoms with E-state index in [0.29, 0.717) is 49.7 Å². The van der Waals surface area contributed by atoms with Gasteiger partial charge in [0.25, 0.3) is 10.1 Å². The van der Waals surface area contributed by atoms with Gasteiger partial charge < -0.3 is 19.5 Å². The van der Waals surface area contributed by atoms with Gasteiger partial charge in [-0.25, -0.2) is 4.79 Å². The molecule has 0 bridgehead atoms. The van der Waals surface area contributed by atoms with Crippen LogP contribution >= 0.6 is 0 Å². The van der Waals surface area contributed by atoms with Crippen LogP contribution in [0.15, 0.2) is 108 Å². The fourth-order valence-electron chi connectivity index (χ4n) is 8.19. The molecule has 9 nitrogen and oxygen atoms in total. The molecule has 3 aromatic rings. The number of allylic oxidation sites excluding steroid dienone is 6. The Morgan fingerprint density at radius 2 is 1.61 bits per heavy atom. The molecule has 296 valence electrons. The van der Waals surface area contributed by atoms with Gasteiger partial charge >= 0.3 is 5.97 Å². The van der Waals surface area contributed by atoms with Crippen molar-refractivity contribution in [2.24, 2.45) is 0 Å². The minimum atomic E-state index is -4.05. The predicted molar refractivity (Wildman–Crippen MR) is 224 cm³/mol. The summed E-state index contributed by atoms with van der Waals surface area (Å²) in [6, 6.07) is 21.8. The Kier molecular flexibility index (Phi) is 12.1. The Bertz CT molecular complexity index is 2240. The molecule has 6 rings (SSSR count). The van der Waals surface area contributed by atoms with E-state index in [1.807, 2.05) is 12.2 Å². The fraction of sp³-hybridized carbons (Fsp3) is 0.391. The molecule has 3 aliphatic heterocycles. The van der Waals surface area contributed by atoms with Crippen molar-refractivity contribution < 1.29 is 36.9 Å². The molecule has 0 unspecified atom stereocenters. The van der Waals surface area contributed by atoms with Gasteiger partial charge in [-0.05, 0) is 87.6 Å². The zero-order chi connectivity index (χ0) is 40.3. The molecule has 0 saturated heterocycles. The highest BCUT2D eigenvalue weighted by Crippen LogP contribution is 2.48. The van der Waals surface area contributed by atoms with Crippen molar-refractivity contribution in [3.8, 4) is 0 Å². The summed E-state index contributed by atoms with van der Waals surface area (Å²) in [5, 5.41) is 9.71. The van der Waals surface area contributed by atoms with Crippen molar-refractivity contribution in [2.75, 3.05) is 37.0 Å². The standard InChI is InChI=1S/C46H54N2O7S/c1-7-8-11-26-47-37-15-10-9-14-35(37)45(3,4)41(47)24-22-39-43(33-17-19-34(20-18-33)44(49)50)40(55-29-28-54-39)23-25-42-46(5,6)36-31-32(2)16-21-38(36)48(42)27-12-13-30-56(51,52)53/h9-10,14-25,31H,7-8,11-13,26-30H2,1-6H3,(H-,49,50,51,52,53)/p+1. The van der Waals surface area contributed by atoms with Crippen molar-refractivity contribution in [1.29, 1.82) is 0 Å². The first-order chi connectivity index (χ1) is 26.6. The van der Waals surface area contributed by atoms with Crippen LogP contribution in [-0.2, 0) is 30.4 Å². The maximum atomic E-state index is 11.9. The number of aryl methyl sites for hydroxylation is 1. The number of unbranched alkanes of at least 4 members (excludes halogenated alkanes) is 3. The lowest BCUT2D eigenvalue weighted by Gasteiger charge is -2.27. The molecule has 10 heteroatoms. The number of para-hydroxylation sites is 1. The average molecular weight is 780 g/mol. The highest BCUT2D eigenvalue weighted by atomic mass is 32.2. The molecule has 0 atom stereocenters. The molecule has 0 saturated carbocycles. The van der Waals surface area contributed by atoms with E-state index in [2.05, 4.69) is 106 Å². The van der Waals surface area contributed by atoms with Gasteiger partial charge in [0, 0.05) is 47.5 Å². The molecule has 0 aromatic heterocycles. The average Bonchev–Trinajstić information content (AvgIpc) is 3.36. The zero-order valence-corrected chi connectivity index (χ0v) is 34.3. The Morgan fingerprint density at radius 3 is 2.32 bits per heavy atom. The summed E-state index contributed by atoms with van der Waals surface area (Å²) in [6.45, 7) is 15.3. The first kappa shape index (κ1) is 40.7. The minimum absolute atomic E-state index is 0.184. The molecular weight excluding hydrogens is 725 g/mol. The van der Waals surface area contributed by atoms with E-state index in [-0.39, 0.29) is 22.1 Å². The number of fused-ring (bicyclic) bond motifs is 2. The molecule has 0 amide bonds. The largest absolute Gasteiger partial charge is 0.489 e. The zero-order valence-electron chi connectivity index (χ0n) is 33.5. The molecule has 0 aliphatic carbocycles. The topological polar surface area (TPSA) is 116 Å². The molecule has 56 heavy (non-hydrogen) atoms. The van der Waals surface area contributed by atoms with E-state index >= 15 is 0 Å². The van der Waals surface area contributed by atoms with E-state index in [1.54, 1.807) is 24.3 Å². The van der Waals surface area contributed by atoms with Gasteiger partial charge in [0.2, 0.25) is 5.69 Å². The first-order valence-corrected chi connectivity index (χ1v) is 21.3. The van der Waals surface area contributed by atoms with Crippen LogP contribution in [0.25, 0.3) is 5.57 Å². The molecule has 0 spiro atoms. The second-order valence-corrected chi connectivity index (χ2v) is 17.5. The summed E-state index contributed by atoms with van der Waals surface area (Å²) in [5.74, 6) is -0.0798. The lowest BCUT2D eigenvalue weighted by Crippen LogP contribution is -2.28. The van der Waals surface area contributed by atoms with Crippen LogP contribution in [0, 0.1) is 6.92 Å². The molecule has 3 aromatic carbocycles. The molecule has 0 fully saturated rings. The maximum absolute atomic E-state index is 11.9. The Labute approximate surface area is 332 Å². The minimum Gasteiger partial charge on any atom is -0.489 e. The number of carbonyl (C=O) groups is 1. The maximum Gasteiger partial charge on any atom is 0.335 e. The molecule has 3 heterocycles. The molecule has 3 aliphatic rings. The van der Waals surface area contributed by atoms with E-state index in [4.69, 9.17) is 9.47 Å². The number of nitrogens with zero attached hydrogens (tertiary/aromatic N) is 2. The summed E-state index contributed by atoms with van der Waals surface area (Å²) in [4.78, 5) is 14.1. The summed E-state index contributed by atoms with van der Waals surface area (Å²) in [6.07, 6.45) is 12.5. The van der Waals surface area contributed by atoms with Crippen LogP contribution in [0.1, 0.15) is 99.3 Å². The van der Waals surface area contributed by atoms with Gasteiger partial charge in [-0.15, -0.1) is 0 Å². The first-order valence-electron chi connectivity index (χ1n) is 19.7. The van der Waals surface area contributed by atoms with E-state index in [0.717, 1.165) is 48.3 Å². The van der Waals surface area contributed by atoms with Crippen LogP contribution in [-0.4, -0.2) is 66.4 Å². The number of benzene rings is 3. The number of ether oxygens (including phenoxy) is 2. The summed E-state index contributed by atoms with van der Waals surface area (Å²) >= 11 is 0. The van der Waals surface area contributed by atoms with Gasteiger partial charge in [-0.1, -0.05) is 75.2 Å². The second-order valence-electron chi connectivity index (χ2n) is 15.9. The normalized spacial score (nSPS) is 19.0. The SMILES string of the molecule is CCCCC[N+]1=C(/C=C/C2=C(c3ccc(C(=O)O)cc3)C(=C/C=C3/N(CCCCS(=O)(=O)O)c4ccc(C)cc4C3(C)C)/OCCO2)C(C)(C)c2ccccc21. The summed E-state index contributed by atoms with van der Waals surface area (Å²) in [5.41, 5.74) is 9.10. The number of hydrogen-bond donors (Lipinski definition) is 2. The van der Waals surface area contributed by atoms with E-state index < -0.39 is 16.1 Å². The molecule has 0 radical (unpaired) electrons. The molecular formula is C46H55N2O7S+. The van der Waals surface area contributed by atoms with Gasteiger partial charge in [-0.2, -0.15) is 13.0 Å². The fourth-order valence-corrected chi connectivity index (χ4v) is 8.76. The number of carboxylic acids is 1. The Balaban J connectivity index is 1.48. The van der Waals surface area contributed by atoms with Crippen molar-refractivity contribution in [3.63, 3.8) is 0 Å². The van der Waals surface area contributed by atoms with Gasteiger partial charge in [-0.3, -0.25) is 4.55 Å². The van der Waals surface area contributed by atoms with Gasteiger partial charge in [0.05, 0.1) is 22.3 Å². The lowest BCUT2D eigenvalue weighted by atomic mass is 9.81. The quantitative estimate of drug-likeness (QED) is 0.0945. The third kappa shape index (κ3) is 8.56.